The maximum absolute atomic E-state index is 10.4. The third-order valence-electron chi connectivity index (χ3n) is 1.75. The third-order valence-corrected chi connectivity index (χ3v) is 1.75. The number of nitrogens with zero attached hydrogens (tertiary/aromatic N) is 2. The second kappa shape index (κ2) is 17.1. The van der Waals surface area contributed by atoms with Gasteiger partial charge >= 0.3 is 21.7 Å². The van der Waals surface area contributed by atoms with Gasteiger partial charge in [0.1, 0.15) is 0 Å². The van der Waals surface area contributed by atoms with Crippen molar-refractivity contribution in [2.24, 2.45) is 0 Å². The van der Waals surface area contributed by atoms with Crippen molar-refractivity contribution in [2.75, 3.05) is 26.3 Å². The molecule has 0 unspecified atom stereocenters. The summed E-state index contributed by atoms with van der Waals surface area (Å²) in [6, 6.07) is 0. The van der Waals surface area contributed by atoms with Crippen LogP contribution in [-0.4, -0.2) is 48.1 Å². The summed E-state index contributed by atoms with van der Waals surface area (Å²) in [4.78, 5) is 20.8. The minimum atomic E-state index is -0.0146. The fourth-order valence-electron chi connectivity index (χ4n) is 1.13. The predicted octanol–water partition coefficient (Wildman–Crippen LogP) is 1.69. The van der Waals surface area contributed by atoms with Crippen LogP contribution in [0.5, 0.6) is 0 Å². The van der Waals surface area contributed by atoms with Gasteiger partial charge in [-0.25, -0.2) is 0 Å². The maximum atomic E-state index is 10.4. The number of rotatable bonds is 8. The van der Waals surface area contributed by atoms with Gasteiger partial charge < -0.3 is 20.8 Å². The van der Waals surface area contributed by atoms with Crippen molar-refractivity contribution >= 4 is 11.6 Å². The molecule has 118 valence electrons. The minimum Gasteiger partial charge on any atom is -0.686 e. The first-order valence-electron chi connectivity index (χ1n) is 6.28. The van der Waals surface area contributed by atoms with Gasteiger partial charge in [0.05, 0.1) is 0 Å². The molecular formula is C14H24N2O4Ti. The standard InChI is InChI=1S/2C7H13NO2.Ti/c2*1-6(5-7(2)10)8-3-4-9;/h2*5,9H,3-4H2,1-2H3,(H,8,10);/q;;+2/p-2. The summed E-state index contributed by atoms with van der Waals surface area (Å²) >= 11 is 0. The van der Waals surface area contributed by atoms with Crippen molar-refractivity contribution in [3.8, 4) is 0 Å². The third kappa shape index (κ3) is 24.5. The maximum Gasteiger partial charge on any atom is 2.00 e. The smallest absolute Gasteiger partial charge is 0.686 e. The summed E-state index contributed by atoms with van der Waals surface area (Å²) in [7, 11) is 0. The van der Waals surface area contributed by atoms with Crippen LogP contribution in [0.1, 0.15) is 27.7 Å². The van der Waals surface area contributed by atoms with Crippen molar-refractivity contribution in [2.45, 2.75) is 27.7 Å². The van der Waals surface area contributed by atoms with Crippen molar-refractivity contribution in [3.63, 3.8) is 0 Å². The van der Waals surface area contributed by atoms with Crippen molar-refractivity contribution < 1.29 is 41.5 Å². The molecule has 0 rings (SSSR count). The molecule has 2 N–H and O–H groups in total. The van der Waals surface area contributed by atoms with Crippen LogP contribution < -0.4 is 0 Å². The van der Waals surface area contributed by atoms with E-state index in [1.54, 1.807) is 13.8 Å². The molecule has 0 saturated heterocycles. The van der Waals surface area contributed by atoms with Gasteiger partial charge in [-0.3, -0.25) is 9.59 Å². The molecule has 0 heterocycles. The summed E-state index contributed by atoms with van der Waals surface area (Å²) in [6.45, 7) is 7.21. The molecule has 0 radical (unpaired) electrons. The van der Waals surface area contributed by atoms with Gasteiger partial charge in [0.25, 0.3) is 0 Å². The van der Waals surface area contributed by atoms with E-state index in [-0.39, 0.29) is 46.5 Å². The Morgan fingerprint density at radius 3 is 1.29 bits per heavy atom. The molecule has 0 aromatic rings. The van der Waals surface area contributed by atoms with Gasteiger partial charge in [0.15, 0.2) is 11.6 Å². The van der Waals surface area contributed by atoms with E-state index in [1.165, 1.54) is 26.0 Å². The van der Waals surface area contributed by atoms with E-state index in [0.717, 1.165) is 0 Å². The van der Waals surface area contributed by atoms with E-state index >= 15 is 0 Å². The number of hydrogen-bond acceptors (Lipinski definition) is 4. The van der Waals surface area contributed by atoms with Gasteiger partial charge in [0.2, 0.25) is 0 Å². The Hall–Kier alpha value is -0.946. The zero-order chi connectivity index (χ0) is 16.0. The number of aliphatic hydroxyl groups is 2. The summed E-state index contributed by atoms with van der Waals surface area (Å²) in [5.41, 5.74) is 1.34. The summed E-state index contributed by atoms with van der Waals surface area (Å²) < 4.78 is 0. The predicted molar refractivity (Wildman–Crippen MR) is 79.5 cm³/mol. The molecule has 0 aromatic carbocycles. The Kier molecular flexibility index (Phi) is 20.4. The quantitative estimate of drug-likeness (QED) is 0.521. The van der Waals surface area contributed by atoms with Crippen LogP contribution >= 0.6 is 0 Å². The van der Waals surface area contributed by atoms with E-state index in [0.29, 0.717) is 24.5 Å². The van der Waals surface area contributed by atoms with Crippen LogP contribution in [-0.2, 0) is 31.3 Å². The molecule has 0 aliphatic carbocycles. The SMILES string of the molecule is CC(=O)C=C(C)[N-]CCO.CC(=O)C=C(C)[N-]CCO.[Ti+2]. The second-order valence-corrected chi connectivity index (χ2v) is 4.00. The van der Waals surface area contributed by atoms with Crippen LogP contribution in [0.15, 0.2) is 23.5 Å². The molecule has 0 amide bonds. The topological polar surface area (TPSA) is 103 Å². The first kappa shape index (κ1) is 25.0. The van der Waals surface area contributed by atoms with E-state index in [9.17, 15) is 9.59 Å². The normalized spacial score (nSPS) is 10.8. The van der Waals surface area contributed by atoms with E-state index in [4.69, 9.17) is 10.2 Å². The summed E-state index contributed by atoms with van der Waals surface area (Å²) in [5, 5.41) is 24.4. The monoisotopic (exact) mass is 332 g/mol. The molecule has 0 spiro atoms. The number of ketones is 2. The Balaban J connectivity index is -0.000000295. The van der Waals surface area contributed by atoms with Crippen LogP contribution in [0.2, 0.25) is 0 Å². The minimum absolute atomic E-state index is 0. The zero-order valence-electron chi connectivity index (χ0n) is 13.1. The van der Waals surface area contributed by atoms with Crippen LogP contribution in [0.3, 0.4) is 0 Å². The number of carbonyl (C=O) groups is 2. The Morgan fingerprint density at radius 1 is 0.810 bits per heavy atom. The van der Waals surface area contributed by atoms with Crippen molar-refractivity contribution in [1.82, 2.24) is 0 Å². The average molecular weight is 332 g/mol. The molecule has 0 atom stereocenters. The fraction of sp³-hybridized carbons (Fsp3) is 0.571. The molecule has 0 fully saturated rings. The zero-order valence-corrected chi connectivity index (χ0v) is 14.7. The van der Waals surface area contributed by atoms with Crippen LogP contribution in [0.25, 0.3) is 10.6 Å². The molecule has 7 heteroatoms. The summed E-state index contributed by atoms with van der Waals surface area (Å²) in [6.07, 6.45) is 2.88. The van der Waals surface area contributed by atoms with Crippen LogP contribution in [0.4, 0.5) is 0 Å². The second-order valence-electron chi connectivity index (χ2n) is 4.00. The number of carbonyl (C=O) groups excluding carboxylic acids is 2. The van der Waals surface area contributed by atoms with E-state index in [2.05, 4.69) is 10.6 Å². The van der Waals surface area contributed by atoms with Crippen molar-refractivity contribution in [3.05, 3.63) is 34.2 Å². The van der Waals surface area contributed by atoms with Gasteiger partial charge in [-0.05, 0) is 26.0 Å². The number of aliphatic hydroxyl groups excluding tert-OH is 2. The van der Waals surface area contributed by atoms with E-state index < -0.39 is 0 Å². The van der Waals surface area contributed by atoms with Gasteiger partial charge in [-0.1, -0.05) is 13.8 Å². The fourth-order valence-corrected chi connectivity index (χ4v) is 1.13. The number of allylic oxidation sites excluding steroid dienone is 4. The first-order valence-corrected chi connectivity index (χ1v) is 6.28. The number of hydrogen-bond donors (Lipinski definition) is 2. The molecular weight excluding hydrogens is 308 g/mol. The molecule has 0 aliphatic rings. The van der Waals surface area contributed by atoms with Gasteiger partial charge in [-0.2, -0.15) is 11.4 Å². The molecule has 0 bridgehead atoms. The molecule has 6 nitrogen and oxygen atoms in total. The largest absolute Gasteiger partial charge is 2.00 e. The average Bonchev–Trinajstić information content (AvgIpc) is 2.33. The molecule has 0 aliphatic heterocycles. The summed E-state index contributed by atoms with van der Waals surface area (Å²) in [5.74, 6) is -0.0293. The van der Waals surface area contributed by atoms with Crippen LogP contribution in [0, 0.1) is 0 Å². The molecule has 0 aromatic heterocycles. The van der Waals surface area contributed by atoms with Crippen molar-refractivity contribution in [1.29, 1.82) is 0 Å². The Labute approximate surface area is 141 Å². The molecule has 21 heavy (non-hydrogen) atoms. The Bertz CT molecular complexity index is 321. The van der Waals surface area contributed by atoms with Gasteiger partial charge in [-0.15, -0.1) is 13.1 Å². The Morgan fingerprint density at radius 2 is 1.10 bits per heavy atom. The van der Waals surface area contributed by atoms with E-state index in [1.807, 2.05) is 0 Å². The first-order chi connectivity index (χ1) is 9.33. The van der Waals surface area contributed by atoms with Gasteiger partial charge in [0, 0.05) is 13.2 Å². The molecule has 0 saturated carbocycles.